The Morgan fingerprint density at radius 3 is 0.846 bits per heavy atom. The minimum Gasteiger partial charge on any atom is -0.274 e. The molecule has 0 spiro atoms. The zero-order valence-electron chi connectivity index (χ0n) is 31.3. The fraction of sp³-hybridized carbons (Fsp3) is 0.478. The summed E-state index contributed by atoms with van der Waals surface area (Å²) in [5, 5.41) is 6.94. The van der Waals surface area contributed by atoms with E-state index in [0.29, 0.717) is 46.1 Å². The summed E-state index contributed by atoms with van der Waals surface area (Å²) in [5.74, 6) is -0.889. The summed E-state index contributed by atoms with van der Waals surface area (Å²) in [5.41, 5.74) is 2.27. The molecule has 2 aliphatic rings. The molecular weight excluding hydrogens is 645 g/mol. The fourth-order valence-electron chi connectivity index (χ4n) is 8.94. The van der Waals surface area contributed by atoms with Crippen LogP contribution in [0.2, 0.25) is 0 Å². The molecule has 0 unspecified atom stereocenters. The van der Waals surface area contributed by atoms with Crippen molar-refractivity contribution in [2.24, 2.45) is 0 Å². The van der Waals surface area contributed by atoms with Crippen molar-refractivity contribution >= 4 is 66.7 Å². The van der Waals surface area contributed by atoms with Crippen LogP contribution in [0.1, 0.15) is 171 Å². The van der Waals surface area contributed by atoms with Gasteiger partial charge in [0.25, 0.3) is 23.6 Å². The Labute approximate surface area is 308 Å². The SMILES string of the molecule is CCCCCCCCCCCCN1C(=O)c2ccc3c4ccc5c6c(ccc(c7ccc(c2c37)C1=O)c64)C(=O)N(CCCCCCCCCC)C5=O. The third-order valence-electron chi connectivity index (χ3n) is 11.8. The molecule has 0 aromatic heterocycles. The summed E-state index contributed by atoms with van der Waals surface area (Å²) in [7, 11) is 0. The van der Waals surface area contributed by atoms with E-state index in [4.69, 9.17) is 0 Å². The highest BCUT2D eigenvalue weighted by Crippen LogP contribution is 2.46. The molecule has 0 fully saturated rings. The molecule has 272 valence electrons. The van der Waals surface area contributed by atoms with Crippen molar-refractivity contribution in [1.82, 2.24) is 9.80 Å². The average molecular weight is 699 g/mol. The van der Waals surface area contributed by atoms with Crippen molar-refractivity contribution in [2.75, 3.05) is 13.1 Å². The quantitative estimate of drug-likeness (QED) is 0.0351. The first-order chi connectivity index (χ1) is 25.5. The Kier molecular flexibility index (Phi) is 11.2. The molecule has 6 heteroatoms. The maximum Gasteiger partial charge on any atom is 0.261 e. The highest BCUT2D eigenvalue weighted by molar-refractivity contribution is 6.41. The molecule has 2 heterocycles. The van der Waals surface area contributed by atoms with Gasteiger partial charge in [0.05, 0.1) is 0 Å². The zero-order valence-corrected chi connectivity index (χ0v) is 31.3. The van der Waals surface area contributed by atoms with Gasteiger partial charge in [-0.15, -0.1) is 0 Å². The zero-order chi connectivity index (χ0) is 36.2. The normalized spacial score (nSPS) is 14.4. The van der Waals surface area contributed by atoms with Crippen molar-refractivity contribution in [1.29, 1.82) is 0 Å². The highest BCUT2D eigenvalue weighted by atomic mass is 16.2. The van der Waals surface area contributed by atoms with Gasteiger partial charge >= 0.3 is 0 Å². The number of carbonyl (C=O) groups excluding carboxylic acids is 4. The molecule has 5 aromatic rings. The van der Waals surface area contributed by atoms with Gasteiger partial charge in [0.1, 0.15) is 0 Å². The average Bonchev–Trinajstić information content (AvgIpc) is 3.16. The van der Waals surface area contributed by atoms with E-state index in [-0.39, 0.29) is 23.6 Å². The Hall–Kier alpha value is -4.32. The molecule has 6 nitrogen and oxygen atoms in total. The van der Waals surface area contributed by atoms with E-state index in [1.807, 2.05) is 48.5 Å². The van der Waals surface area contributed by atoms with Crippen LogP contribution in [0.5, 0.6) is 0 Å². The first-order valence-electron chi connectivity index (χ1n) is 20.4. The summed E-state index contributed by atoms with van der Waals surface area (Å²) in [6.07, 6.45) is 21.2. The molecule has 7 rings (SSSR count). The number of rotatable bonds is 20. The number of nitrogens with zero attached hydrogens (tertiary/aromatic N) is 2. The van der Waals surface area contributed by atoms with Crippen LogP contribution in [0, 0.1) is 0 Å². The lowest BCUT2D eigenvalue weighted by molar-refractivity contribution is 0.0592. The number of imide groups is 2. The van der Waals surface area contributed by atoms with Crippen LogP contribution in [0.25, 0.3) is 43.1 Å². The number of hydrogen-bond donors (Lipinski definition) is 0. The second-order valence-corrected chi connectivity index (χ2v) is 15.3. The van der Waals surface area contributed by atoms with Crippen LogP contribution in [-0.2, 0) is 0 Å². The Morgan fingerprint density at radius 1 is 0.327 bits per heavy atom. The van der Waals surface area contributed by atoms with E-state index in [1.165, 1.54) is 86.8 Å². The maximum atomic E-state index is 13.9. The predicted octanol–water partition coefficient (Wildman–Crippen LogP) is 12.0. The second-order valence-electron chi connectivity index (χ2n) is 15.3. The van der Waals surface area contributed by atoms with Gasteiger partial charge in [0.2, 0.25) is 0 Å². The van der Waals surface area contributed by atoms with Gasteiger partial charge in [0, 0.05) is 46.1 Å². The molecule has 2 aliphatic heterocycles. The number of hydrogen-bond acceptors (Lipinski definition) is 4. The lowest BCUT2D eigenvalue weighted by Gasteiger charge is -2.30. The van der Waals surface area contributed by atoms with Crippen molar-refractivity contribution in [3.05, 3.63) is 70.8 Å². The summed E-state index contributed by atoms with van der Waals surface area (Å²) >= 11 is 0. The van der Waals surface area contributed by atoms with Crippen molar-refractivity contribution in [2.45, 2.75) is 129 Å². The van der Waals surface area contributed by atoms with E-state index < -0.39 is 0 Å². The van der Waals surface area contributed by atoms with Crippen molar-refractivity contribution < 1.29 is 19.2 Å². The Morgan fingerprint density at radius 2 is 0.577 bits per heavy atom. The molecule has 0 saturated carbocycles. The van der Waals surface area contributed by atoms with E-state index >= 15 is 0 Å². The lowest BCUT2D eigenvalue weighted by atomic mass is 9.82. The number of amides is 4. The molecule has 0 atom stereocenters. The number of carbonyl (C=O) groups is 4. The third-order valence-corrected chi connectivity index (χ3v) is 11.8. The first-order valence-corrected chi connectivity index (χ1v) is 20.4. The Balaban J connectivity index is 1.12. The Bertz CT molecular complexity index is 2010. The topological polar surface area (TPSA) is 74.8 Å². The van der Waals surface area contributed by atoms with Crippen LogP contribution in [-0.4, -0.2) is 46.5 Å². The summed E-state index contributed by atoms with van der Waals surface area (Å²) in [6, 6.07) is 15.4. The second kappa shape index (κ2) is 16.1. The summed E-state index contributed by atoms with van der Waals surface area (Å²) < 4.78 is 0. The van der Waals surface area contributed by atoms with E-state index in [2.05, 4.69) is 13.8 Å². The van der Waals surface area contributed by atoms with Crippen LogP contribution in [0.4, 0.5) is 0 Å². The van der Waals surface area contributed by atoms with Crippen LogP contribution >= 0.6 is 0 Å². The molecular formula is C46H54N2O4. The summed E-state index contributed by atoms with van der Waals surface area (Å²) in [6.45, 7) is 5.34. The van der Waals surface area contributed by atoms with Crippen LogP contribution in [0.15, 0.2) is 48.5 Å². The van der Waals surface area contributed by atoms with Crippen molar-refractivity contribution in [3.8, 4) is 0 Å². The van der Waals surface area contributed by atoms with E-state index in [0.717, 1.165) is 70.8 Å². The van der Waals surface area contributed by atoms with Crippen LogP contribution in [0.3, 0.4) is 0 Å². The molecule has 0 N–H and O–H groups in total. The van der Waals surface area contributed by atoms with Gasteiger partial charge in [-0.25, -0.2) is 0 Å². The van der Waals surface area contributed by atoms with Gasteiger partial charge in [-0.2, -0.15) is 0 Å². The van der Waals surface area contributed by atoms with Gasteiger partial charge in [0.15, 0.2) is 0 Å². The third kappa shape index (κ3) is 6.58. The minimum atomic E-state index is -0.223. The standard InChI is InChI=1S/C46H54N2O4/c1-3-5-7-9-11-13-14-16-18-20-30-48-45(51)37-27-23-33-31-21-25-35-41-36(44(50)47(43(35)49)29-19-17-15-12-10-8-6-4-2)26-22-32(39(31)41)34-24-28-38(46(48)52)42(37)40(33)34/h21-28H,3-20,29-30H2,1-2H3. The van der Waals surface area contributed by atoms with Crippen LogP contribution < -0.4 is 0 Å². The molecule has 5 aromatic carbocycles. The smallest absolute Gasteiger partial charge is 0.261 e. The van der Waals surface area contributed by atoms with Gasteiger partial charge in [-0.1, -0.05) is 141 Å². The first kappa shape index (κ1) is 36.1. The largest absolute Gasteiger partial charge is 0.274 e. The highest BCUT2D eigenvalue weighted by Gasteiger charge is 2.36. The molecule has 4 amide bonds. The molecule has 0 radical (unpaired) electrons. The number of fused-ring (bicyclic) bond motifs is 2. The van der Waals surface area contributed by atoms with Gasteiger partial charge in [-0.3, -0.25) is 29.0 Å². The van der Waals surface area contributed by atoms with Gasteiger partial charge < -0.3 is 0 Å². The van der Waals surface area contributed by atoms with Gasteiger partial charge in [-0.05, 0) is 69.4 Å². The molecule has 0 aliphatic carbocycles. The lowest BCUT2D eigenvalue weighted by Crippen LogP contribution is -2.41. The molecule has 0 saturated heterocycles. The van der Waals surface area contributed by atoms with E-state index in [1.54, 1.807) is 0 Å². The fourth-order valence-corrected chi connectivity index (χ4v) is 8.94. The maximum absolute atomic E-state index is 13.9. The monoisotopic (exact) mass is 698 g/mol. The molecule has 52 heavy (non-hydrogen) atoms. The minimum absolute atomic E-state index is 0.221. The number of benzene rings is 5. The van der Waals surface area contributed by atoms with Crippen molar-refractivity contribution in [3.63, 3.8) is 0 Å². The summed E-state index contributed by atoms with van der Waals surface area (Å²) in [4.78, 5) is 58.4. The number of unbranched alkanes of at least 4 members (excludes halogenated alkanes) is 16. The molecule has 0 bridgehead atoms. The van der Waals surface area contributed by atoms with E-state index in [9.17, 15) is 19.2 Å². The predicted molar refractivity (Wildman–Crippen MR) is 213 cm³/mol.